The largest absolute Gasteiger partial charge is 0.384 e. The Balaban J connectivity index is 3.85. The van der Waals surface area contributed by atoms with Crippen LogP contribution in [0.25, 0.3) is 0 Å². The van der Waals surface area contributed by atoms with Crippen LogP contribution in [0.15, 0.2) is 0 Å². The van der Waals surface area contributed by atoms with Crippen molar-refractivity contribution in [1.82, 2.24) is 5.32 Å². The highest BCUT2D eigenvalue weighted by Gasteiger charge is 2.14. The molecule has 0 aliphatic carbocycles. The van der Waals surface area contributed by atoms with Gasteiger partial charge in [0.05, 0.1) is 0 Å². The molecule has 2 atom stereocenters. The molecule has 0 fully saturated rings. The van der Waals surface area contributed by atoms with E-state index in [0.29, 0.717) is 0 Å². The number of nitrogens with one attached hydrogen (secondary N) is 1. The predicted octanol–water partition coefficient (Wildman–Crippen LogP) is -1.64. The zero-order valence-electron chi connectivity index (χ0n) is 6.50. The SMILES string of the molecule is CC(NC(=O)[C@H](C)O)C(N)=O. The molecule has 1 unspecified atom stereocenters. The van der Waals surface area contributed by atoms with Gasteiger partial charge in [0.15, 0.2) is 0 Å². The van der Waals surface area contributed by atoms with Gasteiger partial charge in [-0.3, -0.25) is 9.59 Å². The summed E-state index contributed by atoms with van der Waals surface area (Å²) in [5.74, 6) is -1.23. The van der Waals surface area contributed by atoms with Crippen LogP contribution in [0.2, 0.25) is 0 Å². The van der Waals surface area contributed by atoms with Crippen LogP contribution in [0, 0.1) is 0 Å². The van der Waals surface area contributed by atoms with Gasteiger partial charge in [-0.2, -0.15) is 0 Å². The van der Waals surface area contributed by atoms with Gasteiger partial charge < -0.3 is 16.2 Å². The quantitative estimate of drug-likeness (QED) is 0.462. The van der Waals surface area contributed by atoms with E-state index in [1.807, 2.05) is 0 Å². The van der Waals surface area contributed by atoms with Crippen LogP contribution in [0.1, 0.15) is 13.8 Å². The van der Waals surface area contributed by atoms with Crippen molar-refractivity contribution >= 4 is 11.8 Å². The van der Waals surface area contributed by atoms with Gasteiger partial charge in [0.2, 0.25) is 11.8 Å². The lowest BCUT2D eigenvalue weighted by Crippen LogP contribution is -2.45. The van der Waals surface area contributed by atoms with E-state index < -0.39 is 24.0 Å². The van der Waals surface area contributed by atoms with Gasteiger partial charge in [-0.25, -0.2) is 0 Å². The summed E-state index contributed by atoms with van der Waals surface area (Å²) in [4.78, 5) is 21.1. The van der Waals surface area contributed by atoms with E-state index in [9.17, 15) is 9.59 Å². The van der Waals surface area contributed by atoms with Crippen LogP contribution in [0.5, 0.6) is 0 Å². The van der Waals surface area contributed by atoms with Gasteiger partial charge in [0, 0.05) is 0 Å². The number of hydrogen-bond acceptors (Lipinski definition) is 3. The number of amides is 2. The fourth-order valence-corrected chi connectivity index (χ4v) is 0.405. The first-order chi connectivity index (χ1) is 4.95. The maximum Gasteiger partial charge on any atom is 0.249 e. The summed E-state index contributed by atoms with van der Waals surface area (Å²) >= 11 is 0. The van der Waals surface area contributed by atoms with Crippen molar-refractivity contribution in [2.75, 3.05) is 0 Å². The van der Waals surface area contributed by atoms with Crippen molar-refractivity contribution < 1.29 is 14.7 Å². The zero-order chi connectivity index (χ0) is 9.02. The first kappa shape index (κ1) is 9.90. The molecule has 0 radical (unpaired) electrons. The van der Waals surface area contributed by atoms with Gasteiger partial charge >= 0.3 is 0 Å². The first-order valence-corrected chi connectivity index (χ1v) is 3.23. The van der Waals surface area contributed by atoms with Crippen LogP contribution in [0.3, 0.4) is 0 Å². The molecular formula is C6H12N2O3. The molecule has 4 N–H and O–H groups in total. The third-order valence-electron chi connectivity index (χ3n) is 1.16. The van der Waals surface area contributed by atoms with E-state index in [1.54, 1.807) is 0 Å². The molecule has 0 aromatic carbocycles. The molecule has 0 aliphatic rings. The Hall–Kier alpha value is -1.10. The van der Waals surface area contributed by atoms with Gasteiger partial charge in [-0.1, -0.05) is 0 Å². The summed E-state index contributed by atoms with van der Waals surface area (Å²) in [5.41, 5.74) is 4.85. The Bertz CT molecular complexity index is 167. The third-order valence-corrected chi connectivity index (χ3v) is 1.16. The lowest BCUT2D eigenvalue weighted by molar-refractivity contribution is -0.132. The second-order valence-corrected chi connectivity index (χ2v) is 2.31. The third kappa shape index (κ3) is 3.57. The molecule has 0 aromatic rings. The monoisotopic (exact) mass is 160 g/mol. The topological polar surface area (TPSA) is 92.4 Å². The molecular weight excluding hydrogens is 148 g/mol. The van der Waals surface area contributed by atoms with Crippen LogP contribution < -0.4 is 11.1 Å². The van der Waals surface area contributed by atoms with Crippen molar-refractivity contribution in [2.45, 2.75) is 26.0 Å². The Labute approximate surface area is 64.6 Å². The van der Waals surface area contributed by atoms with Crippen LogP contribution in [0.4, 0.5) is 0 Å². The standard InChI is InChI=1S/C6H12N2O3/c1-3(5(7)10)8-6(11)4(2)9/h3-4,9H,1-2H3,(H2,7,10)(H,8,11)/t3?,4-/m0/s1. The Morgan fingerprint density at radius 1 is 1.45 bits per heavy atom. The molecule has 64 valence electrons. The lowest BCUT2D eigenvalue weighted by atomic mass is 10.3. The van der Waals surface area contributed by atoms with Crippen LogP contribution in [-0.2, 0) is 9.59 Å². The van der Waals surface area contributed by atoms with Crippen molar-refractivity contribution in [1.29, 1.82) is 0 Å². The molecule has 0 saturated carbocycles. The number of aliphatic hydroxyl groups excluding tert-OH is 1. The number of nitrogens with two attached hydrogens (primary N) is 1. The first-order valence-electron chi connectivity index (χ1n) is 3.23. The van der Waals surface area contributed by atoms with Crippen molar-refractivity contribution in [3.63, 3.8) is 0 Å². The van der Waals surface area contributed by atoms with Crippen LogP contribution in [-0.4, -0.2) is 29.1 Å². The average molecular weight is 160 g/mol. The minimum atomic E-state index is -1.11. The number of carbonyl (C=O) groups is 2. The van der Waals surface area contributed by atoms with Gasteiger partial charge in [-0.05, 0) is 13.8 Å². The molecule has 0 rings (SSSR count). The van der Waals surface area contributed by atoms with Gasteiger partial charge in [0.1, 0.15) is 12.1 Å². The maximum absolute atomic E-state index is 10.7. The van der Waals surface area contributed by atoms with Gasteiger partial charge in [0.25, 0.3) is 0 Å². The number of rotatable bonds is 3. The summed E-state index contributed by atoms with van der Waals surface area (Å²) in [7, 11) is 0. The Morgan fingerprint density at radius 2 is 1.91 bits per heavy atom. The molecule has 0 heterocycles. The minimum Gasteiger partial charge on any atom is -0.384 e. The summed E-state index contributed by atoms with van der Waals surface area (Å²) in [6, 6.07) is -0.739. The maximum atomic E-state index is 10.7. The van der Waals surface area contributed by atoms with Crippen molar-refractivity contribution in [3.8, 4) is 0 Å². The Kier molecular flexibility index (Phi) is 3.53. The highest BCUT2D eigenvalue weighted by Crippen LogP contribution is 1.83. The average Bonchev–Trinajstić information content (AvgIpc) is 1.87. The van der Waals surface area contributed by atoms with Gasteiger partial charge in [-0.15, -0.1) is 0 Å². The van der Waals surface area contributed by atoms with Crippen LogP contribution >= 0.6 is 0 Å². The molecule has 0 aromatic heterocycles. The molecule has 5 heteroatoms. The normalized spacial score (nSPS) is 15.2. The zero-order valence-corrected chi connectivity index (χ0v) is 6.50. The Morgan fingerprint density at radius 3 is 2.18 bits per heavy atom. The van der Waals surface area contributed by atoms with E-state index in [0.717, 1.165) is 0 Å². The van der Waals surface area contributed by atoms with Crippen molar-refractivity contribution in [2.24, 2.45) is 5.73 Å². The second kappa shape index (κ2) is 3.92. The fourth-order valence-electron chi connectivity index (χ4n) is 0.405. The summed E-state index contributed by atoms with van der Waals surface area (Å²) in [6.45, 7) is 2.76. The van der Waals surface area contributed by atoms with E-state index in [1.165, 1.54) is 13.8 Å². The smallest absolute Gasteiger partial charge is 0.249 e. The van der Waals surface area contributed by atoms with Crippen molar-refractivity contribution in [3.05, 3.63) is 0 Å². The molecule has 2 amide bonds. The highest BCUT2D eigenvalue weighted by atomic mass is 16.3. The van der Waals surface area contributed by atoms with E-state index in [-0.39, 0.29) is 0 Å². The summed E-state index contributed by atoms with van der Waals surface area (Å²) in [6.07, 6.45) is -1.11. The lowest BCUT2D eigenvalue weighted by Gasteiger charge is -2.10. The highest BCUT2D eigenvalue weighted by molar-refractivity contribution is 5.87. The van der Waals surface area contributed by atoms with E-state index >= 15 is 0 Å². The number of carbonyl (C=O) groups excluding carboxylic acids is 2. The number of primary amides is 1. The predicted molar refractivity (Wildman–Crippen MR) is 38.5 cm³/mol. The van der Waals surface area contributed by atoms with E-state index in [4.69, 9.17) is 10.8 Å². The van der Waals surface area contributed by atoms with E-state index in [2.05, 4.69) is 5.32 Å². The molecule has 0 saturated heterocycles. The molecule has 11 heavy (non-hydrogen) atoms. The second-order valence-electron chi connectivity index (χ2n) is 2.31. The fraction of sp³-hybridized carbons (Fsp3) is 0.667. The number of aliphatic hydroxyl groups is 1. The number of hydrogen-bond donors (Lipinski definition) is 3. The molecule has 5 nitrogen and oxygen atoms in total. The molecule has 0 spiro atoms. The molecule has 0 bridgehead atoms. The summed E-state index contributed by atoms with van der Waals surface area (Å²) < 4.78 is 0. The summed E-state index contributed by atoms with van der Waals surface area (Å²) in [5, 5.41) is 10.9. The minimum absolute atomic E-state index is 0.601. The molecule has 0 aliphatic heterocycles.